The average molecular weight is 611 g/mol. The van der Waals surface area contributed by atoms with Crippen LogP contribution >= 0.6 is 0 Å². The quantitative estimate of drug-likeness (QED) is 0.178. The third-order valence-corrected chi connectivity index (χ3v) is 11.1. The molecule has 11 rings (SSSR count). The number of para-hydroxylation sites is 1. The van der Waals surface area contributed by atoms with Crippen LogP contribution in [0.15, 0.2) is 150 Å². The van der Waals surface area contributed by atoms with Crippen molar-refractivity contribution in [1.29, 1.82) is 0 Å². The van der Waals surface area contributed by atoms with Gasteiger partial charge in [0.2, 0.25) is 0 Å². The van der Waals surface area contributed by atoms with Crippen molar-refractivity contribution in [3.05, 3.63) is 157 Å². The maximum absolute atomic E-state index is 6.42. The van der Waals surface area contributed by atoms with E-state index in [2.05, 4.69) is 153 Å². The summed E-state index contributed by atoms with van der Waals surface area (Å²) in [6.07, 6.45) is 0. The lowest BCUT2D eigenvalue weighted by atomic mass is 9.80. The Bertz CT molecular complexity index is 2910. The maximum Gasteiger partial charge on any atom is 0.136 e. The van der Waals surface area contributed by atoms with Gasteiger partial charge in [0.05, 0.1) is 0 Å². The van der Waals surface area contributed by atoms with Crippen LogP contribution in [0.25, 0.3) is 98.4 Å². The number of benzene rings is 9. The Balaban J connectivity index is 1.18. The first-order chi connectivity index (χ1) is 23.5. The van der Waals surface area contributed by atoms with Crippen molar-refractivity contribution in [3.8, 4) is 33.4 Å². The zero-order valence-corrected chi connectivity index (χ0v) is 26.8. The van der Waals surface area contributed by atoms with Gasteiger partial charge in [-0.15, -0.1) is 0 Å². The van der Waals surface area contributed by atoms with Gasteiger partial charge < -0.3 is 4.42 Å². The van der Waals surface area contributed by atoms with Gasteiger partial charge in [0.1, 0.15) is 11.2 Å². The topological polar surface area (TPSA) is 13.1 Å². The van der Waals surface area contributed by atoms with E-state index in [9.17, 15) is 0 Å². The summed E-state index contributed by atoms with van der Waals surface area (Å²) in [4.78, 5) is 0. The maximum atomic E-state index is 6.42. The van der Waals surface area contributed by atoms with Crippen LogP contribution in [-0.2, 0) is 5.41 Å². The fourth-order valence-corrected chi connectivity index (χ4v) is 8.85. The van der Waals surface area contributed by atoms with Crippen LogP contribution in [0, 0.1) is 0 Å². The lowest BCUT2D eigenvalue weighted by Crippen LogP contribution is -2.15. The molecule has 0 atom stereocenters. The van der Waals surface area contributed by atoms with Crippen LogP contribution in [-0.4, -0.2) is 0 Å². The second-order valence-electron chi connectivity index (χ2n) is 14.1. The standard InChI is InChI=1S/C47H30O/c1-47(2)39-12-5-3-11-38(39)46-40(47)25-34-22-29(33-23-30-16-14-27-8-7-9-28-15-17-31(24-33)44(30)43(27)28)18-20-35(34)45(46)32-19-21-37-36-10-4-6-13-41(36)48-42(37)26-32/h3-26H,1-2H3. The van der Waals surface area contributed by atoms with Gasteiger partial charge in [0.15, 0.2) is 0 Å². The predicted molar refractivity (Wildman–Crippen MR) is 203 cm³/mol. The molecule has 224 valence electrons. The largest absolute Gasteiger partial charge is 0.456 e. The molecule has 0 saturated carbocycles. The third-order valence-electron chi connectivity index (χ3n) is 11.1. The highest BCUT2D eigenvalue weighted by Crippen LogP contribution is 2.55. The molecule has 1 aliphatic carbocycles. The van der Waals surface area contributed by atoms with E-state index in [1.165, 1.54) is 87.6 Å². The van der Waals surface area contributed by atoms with Gasteiger partial charge >= 0.3 is 0 Å². The van der Waals surface area contributed by atoms with E-state index >= 15 is 0 Å². The fourth-order valence-electron chi connectivity index (χ4n) is 8.85. The number of furan rings is 1. The minimum absolute atomic E-state index is 0.120. The molecule has 0 bridgehead atoms. The molecule has 1 nitrogen and oxygen atoms in total. The Morgan fingerprint density at radius 2 is 1.04 bits per heavy atom. The van der Waals surface area contributed by atoms with E-state index in [0.29, 0.717) is 0 Å². The van der Waals surface area contributed by atoms with Crippen LogP contribution in [0.3, 0.4) is 0 Å². The first-order valence-corrected chi connectivity index (χ1v) is 16.8. The summed E-state index contributed by atoms with van der Waals surface area (Å²) in [5.41, 5.74) is 12.1. The van der Waals surface area contributed by atoms with Gasteiger partial charge in [-0.05, 0) is 130 Å². The lowest BCUT2D eigenvalue weighted by molar-refractivity contribution is 0.661. The van der Waals surface area contributed by atoms with Gasteiger partial charge in [0, 0.05) is 16.2 Å². The van der Waals surface area contributed by atoms with Crippen molar-refractivity contribution in [2.24, 2.45) is 0 Å². The molecule has 1 aliphatic rings. The van der Waals surface area contributed by atoms with Crippen LogP contribution in [0.4, 0.5) is 0 Å². The van der Waals surface area contributed by atoms with Gasteiger partial charge in [-0.2, -0.15) is 0 Å². The van der Waals surface area contributed by atoms with Gasteiger partial charge in [-0.3, -0.25) is 0 Å². The molecule has 48 heavy (non-hydrogen) atoms. The highest BCUT2D eigenvalue weighted by atomic mass is 16.3. The van der Waals surface area contributed by atoms with E-state index < -0.39 is 0 Å². The molecule has 0 N–H and O–H groups in total. The van der Waals surface area contributed by atoms with Gasteiger partial charge in [0.25, 0.3) is 0 Å². The Labute approximate surface area is 278 Å². The molecular weight excluding hydrogens is 581 g/mol. The average Bonchev–Trinajstić information content (AvgIpc) is 3.60. The summed E-state index contributed by atoms with van der Waals surface area (Å²) < 4.78 is 6.42. The molecule has 0 saturated heterocycles. The summed E-state index contributed by atoms with van der Waals surface area (Å²) in [5.74, 6) is 0. The lowest BCUT2D eigenvalue weighted by Gasteiger charge is -2.23. The first-order valence-electron chi connectivity index (χ1n) is 16.8. The summed E-state index contributed by atoms with van der Waals surface area (Å²) in [6.45, 7) is 4.75. The molecular formula is C47H30O. The number of fused-ring (bicyclic) bond motifs is 7. The minimum Gasteiger partial charge on any atom is -0.456 e. The van der Waals surface area contributed by atoms with Gasteiger partial charge in [-0.25, -0.2) is 0 Å². The van der Waals surface area contributed by atoms with Crippen molar-refractivity contribution < 1.29 is 4.42 Å². The highest BCUT2D eigenvalue weighted by Gasteiger charge is 2.37. The zero-order chi connectivity index (χ0) is 31.7. The second-order valence-corrected chi connectivity index (χ2v) is 14.1. The van der Waals surface area contributed by atoms with Crippen LogP contribution < -0.4 is 0 Å². The first kappa shape index (κ1) is 26.2. The number of hydrogen-bond acceptors (Lipinski definition) is 1. The molecule has 9 aromatic carbocycles. The van der Waals surface area contributed by atoms with Crippen molar-refractivity contribution in [3.63, 3.8) is 0 Å². The van der Waals surface area contributed by atoms with E-state index in [-0.39, 0.29) is 5.41 Å². The van der Waals surface area contributed by atoms with Crippen LogP contribution in [0.5, 0.6) is 0 Å². The Hall–Kier alpha value is -5.92. The molecule has 0 radical (unpaired) electrons. The monoisotopic (exact) mass is 610 g/mol. The van der Waals surface area contributed by atoms with Crippen LogP contribution in [0.2, 0.25) is 0 Å². The smallest absolute Gasteiger partial charge is 0.136 e. The van der Waals surface area contributed by atoms with Crippen molar-refractivity contribution in [2.45, 2.75) is 19.3 Å². The van der Waals surface area contributed by atoms with E-state index in [4.69, 9.17) is 4.42 Å². The Morgan fingerprint density at radius 1 is 0.396 bits per heavy atom. The molecule has 1 heterocycles. The minimum atomic E-state index is -0.120. The third kappa shape index (κ3) is 3.40. The predicted octanol–water partition coefficient (Wildman–Crippen LogP) is 13.3. The van der Waals surface area contributed by atoms with Crippen molar-refractivity contribution >= 4 is 65.0 Å². The van der Waals surface area contributed by atoms with Crippen molar-refractivity contribution in [2.75, 3.05) is 0 Å². The van der Waals surface area contributed by atoms with Gasteiger partial charge in [-0.1, -0.05) is 117 Å². The molecule has 1 aromatic heterocycles. The summed E-state index contributed by atoms with van der Waals surface area (Å²) >= 11 is 0. The molecule has 10 aromatic rings. The normalized spacial score (nSPS) is 13.8. The van der Waals surface area contributed by atoms with E-state index in [1.807, 2.05) is 6.07 Å². The number of hydrogen-bond donors (Lipinski definition) is 0. The molecule has 0 amide bonds. The second kappa shape index (κ2) is 9.12. The Morgan fingerprint density at radius 3 is 1.88 bits per heavy atom. The van der Waals surface area contributed by atoms with E-state index in [1.54, 1.807) is 0 Å². The fraction of sp³-hybridized carbons (Fsp3) is 0.0638. The zero-order valence-electron chi connectivity index (χ0n) is 26.8. The Kier molecular flexibility index (Phi) is 4.97. The molecule has 0 fully saturated rings. The summed E-state index contributed by atoms with van der Waals surface area (Å²) in [5, 5.41) is 12.7. The SMILES string of the molecule is CC1(C)c2ccccc2-c2c1cc1cc(-c3cc4ccc5cccc6ccc(c3)c4c56)ccc1c2-c1ccc2c(c1)oc1ccccc12. The highest BCUT2D eigenvalue weighted by molar-refractivity contribution is 6.24. The van der Waals surface area contributed by atoms with Crippen LogP contribution in [0.1, 0.15) is 25.0 Å². The molecule has 0 aliphatic heterocycles. The van der Waals surface area contributed by atoms with Crippen molar-refractivity contribution in [1.82, 2.24) is 0 Å². The number of rotatable bonds is 2. The summed E-state index contributed by atoms with van der Waals surface area (Å²) in [6, 6.07) is 54.1. The van der Waals surface area contributed by atoms with E-state index in [0.717, 1.165) is 21.9 Å². The molecule has 1 heteroatoms. The molecule has 0 unspecified atom stereocenters. The molecule has 0 spiro atoms. The summed E-state index contributed by atoms with van der Waals surface area (Å²) in [7, 11) is 0.